The zero-order valence-electron chi connectivity index (χ0n) is 16.6. The average molecular weight is 375 g/mol. The van der Waals surface area contributed by atoms with E-state index in [0.29, 0.717) is 6.10 Å². The van der Waals surface area contributed by atoms with E-state index in [1.807, 2.05) is 0 Å². The zero-order valence-corrected chi connectivity index (χ0v) is 16.6. The summed E-state index contributed by atoms with van der Waals surface area (Å²) < 4.78 is 15.9. The Bertz CT molecular complexity index is 209. The molecule has 0 aromatic heterocycles. The summed E-state index contributed by atoms with van der Waals surface area (Å²) in [7, 11) is 0. The molecule has 3 nitrogen and oxygen atoms in total. The van der Waals surface area contributed by atoms with Crippen molar-refractivity contribution < 1.29 is 14.2 Å². The largest absolute Gasteiger partial charge is 0.381 e. The molecule has 3 saturated heterocycles. The first-order valence-electron chi connectivity index (χ1n) is 10.6. The second-order valence-electron chi connectivity index (χ2n) is 7.35. The lowest BCUT2D eigenvalue weighted by Gasteiger charge is -2.20. The molecule has 0 amide bonds. The summed E-state index contributed by atoms with van der Waals surface area (Å²) in [6.07, 6.45) is 13.6. The van der Waals surface area contributed by atoms with Crippen molar-refractivity contribution in [1.29, 1.82) is 0 Å². The van der Waals surface area contributed by atoms with Gasteiger partial charge in [-0.25, -0.2) is 0 Å². The van der Waals surface area contributed by atoms with Gasteiger partial charge in [-0.3, -0.25) is 0 Å². The number of rotatable bonds is 3. The standard InChI is InChI=1S/3C7H14O.2CH4/c1-2-7-3-5-8-6-4-7;1-2-7-4-3-5-8-6-7;1-2-7-5-3-4-6-8-7;;/h3*7H,2-6H2,1H3;2*1H4. The molecule has 3 fully saturated rings. The van der Waals surface area contributed by atoms with Crippen molar-refractivity contribution in [1.82, 2.24) is 0 Å². The molecule has 0 aromatic rings. The molecule has 0 spiro atoms. The highest BCUT2D eigenvalue weighted by Crippen LogP contribution is 2.17. The molecular formula is C23H50O3. The highest BCUT2D eigenvalue weighted by molar-refractivity contribution is 4.61. The fourth-order valence-corrected chi connectivity index (χ4v) is 3.41. The van der Waals surface area contributed by atoms with Crippen LogP contribution in [0, 0.1) is 11.8 Å². The summed E-state index contributed by atoms with van der Waals surface area (Å²) in [4.78, 5) is 0. The molecule has 0 radical (unpaired) electrons. The number of hydrogen-bond donors (Lipinski definition) is 0. The first-order chi connectivity index (χ1) is 11.8. The maximum atomic E-state index is 5.43. The lowest BCUT2D eigenvalue weighted by Crippen LogP contribution is -2.17. The second kappa shape index (κ2) is 19.6. The predicted octanol–water partition coefficient (Wildman–Crippen LogP) is 6.88. The first-order valence-corrected chi connectivity index (χ1v) is 10.6. The minimum Gasteiger partial charge on any atom is -0.381 e. The molecule has 0 N–H and O–H groups in total. The van der Waals surface area contributed by atoms with E-state index in [0.717, 1.165) is 44.9 Å². The van der Waals surface area contributed by atoms with Crippen LogP contribution >= 0.6 is 0 Å². The Kier molecular flexibility index (Phi) is 21.2. The van der Waals surface area contributed by atoms with Gasteiger partial charge in [-0.05, 0) is 63.2 Å². The van der Waals surface area contributed by atoms with Gasteiger partial charge in [0, 0.05) is 33.0 Å². The maximum absolute atomic E-state index is 5.43. The average Bonchev–Trinajstić information content (AvgIpc) is 2.71. The minimum atomic E-state index is 0. The highest BCUT2D eigenvalue weighted by Gasteiger charge is 2.11. The Morgan fingerprint density at radius 1 is 0.615 bits per heavy atom. The summed E-state index contributed by atoms with van der Waals surface area (Å²) in [5.74, 6) is 1.83. The third kappa shape index (κ3) is 14.0. The molecule has 160 valence electrons. The summed E-state index contributed by atoms with van der Waals surface area (Å²) in [5, 5.41) is 0. The minimum absolute atomic E-state index is 0. The third-order valence-electron chi connectivity index (χ3n) is 5.48. The predicted molar refractivity (Wildman–Crippen MR) is 115 cm³/mol. The van der Waals surface area contributed by atoms with Crippen molar-refractivity contribution >= 4 is 0 Å². The molecule has 0 saturated carbocycles. The normalized spacial score (nSPS) is 26.0. The van der Waals surface area contributed by atoms with E-state index in [1.165, 1.54) is 64.2 Å². The van der Waals surface area contributed by atoms with E-state index >= 15 is 0 Å². The molecule has 0 aliphatic carbocycles. The van der Waals surface area contributed by atoms with Crippen molar-refractivity contribution in [2.45, 2.75) is 106 Å². The first kappa shape index (κ1) is 28.1. The fraction of sp³-hybridized carbons (Fsp3) is 1.00. The van der Waals surface area contributed by atoms with Crippen molar-refractivity contribution in [2.24, 2.45) is 11.8 Å². The van der Waals surface area contributed by atoms with Crippen LogP contribution in [-0.4, -0.2) is 39.1 Å². The van der Waals surface area contributed by atoms with Gasteiger partial charge in [-0.2, -0.15) is 0 Å². The monoisotopic (exact) mass is 374 g/mol. The summed E-state index contributed by atoms with van der Waals surface area (Å²) in [6.45, 7) is 11.7. The van der Waals surface area contributed by atoms with Crippen LogP contribution in [0.1, 0.15) is 99.8 Å². The van der Waals surface area contributed by atoms with E-state index in [1.54, 1.807) is 0 Å². The quantitative estimate of drug-likeness (QED) is 0.538. The van der Waals surface area contributed by atoms with Crippen molar-refractivity contribution in [3.05, 3.63) is 0 Å². The van der Waals surface area contributed by atoms with Crippen LogP contribution < -0.4 is 0 Å². The Morgan fingerprint density at radius 3 is 1.65 bits per heavy atom. The summed E-state index contributed by atoms with van der Waals surface area (Å²) in [6, 6.07) is 0. The smallest absolute Gasteiger partial charge is 0.0572 e. The van der Waals surface area contributed by atoms with Crippen LogP contribution in [0.5, 0.6) is 0 Å². The molecule has 0 bridgehead atoms. The van der Waals surface area contributed by atoms with Gasteiger partial charge in [0.15, 0.2) is 0 Å². The summed E-state index contributed by atoms with van der Waals surface area (Å²) in [5.41, 5.74) is 0. The van der Waals surface area contributed by atoms with E-state index in [4.69, 9.17) is 14.2 Å². The van der Waals surface area contributed by atoms with E-state index in [9.17, 15) is 0 Å². The Morgan fingerprint density at radius 2 is 1.31 bits per heavy atom. The van der Waals surface area contributed by atoms with Gasteiger partial charge >= 0.3 is 0 Å². The van der Waals surface area contributed by atoms with Crippen LogP contribution in [-0.2, 0) is 14.2 Å². The van der Waals surface area contributed by atoms with E-state index < -0.39 is 0 Å². The molecule has 3 aliphatic heterocycles. The van der Waals surface area contributed by atoms with Crippen molar-refractivity contribution in [2.75, 3.05) is 33.0 Å². The lowest BCUT2D eigenvalue weighted by atomic mass is 9.98. The SMILES string of the molecule is C.C.CCC1CCCCO1.CCC1CCCOC1.CCC1CCOCC1. The summed E-state index contributed by atoms with van der Waals surface area (Å²) >= 11 is 0. The van der Waals surface area contributed by atoms with E-state index in [-0.39, 0.29) is 14.9 Å². The lowest BCUT2D eigenvalue weighted by molar-refractivity contribution is 0.0143. The molecule has 3 rings (SSSR count). The van der Waals surface area contributed by atoms with Gasteiger partial charge < -0.3 is 14.2 Å². The van der Waals surface area contributed by atoms with Crippen LogP contribution in [0.3, 0.4) is 0 Å². The van der Waals surface area contributed by atoms with E-state index in [2.05, 4.69) is 20.8 Å². The van der Waals surface area contributed by atoms with Crippen molar-refractivity contribution in [3.63, 3.8) is 0 Å². The van der Waals surface area contributed by atoms with Crippen LogP contribution in [0.4, 0.5) is 0 Å². The Balaban J connectivity index is 0. The molecule has 3 heteroatoms. The molecule has 3 aliphatic rings. The van der Waals surface area contributed by atoms with Gasteiger partial charge in [0.2, 0.25) is 0 Å². The Hall–Kier alpha value is -0.120. The molecule has 2 atom stereocenters. The molecule has 0 aromatic carbocycles. The van der Waals surface area contributed by atoms with Gasteiger partial charge in [0.25, 0.3) is 0 Å². The number of hydrogen-bond acceptors (Lipinski definition) is 3. The molecule has 3 heterocycles. The van der Waals surface area contributed by atoms with Crippen LogP contribution in [0.2, 0.25) is 0 Å². The van der Waals surface area contributed by atoms with Gasteiger partial charge in [-0.1, -0.05) is 48.5 Å². The molecule has 26 heavy (non-hydrogen) atoms. The van der Waals surface area contributed by atoms with Gasteiger partial charge in [-0.15, -0.1) is 0 Å². The molecular weight excluding hydrogens is 324 g/mol. The maximum Gasteiger partial charge on any atom is 0.0572 e. The van der Waals surface area contributed by atoms with Crippen LogP contribution in [0.15, 0.2) is 0 Å². The topological polar surface area (TPSA) is 27.7 Å². The second-order valence-corrected chi connectivity index (χ2v) is 7.35. The van der Waals surface area contributed by atoms with Gasteiger partial charge in [0.05, 0.1) is 6.10 Å². The number of ether oxygens (including phenoxy) is 3. The zero-order chi connectivity index (χ0) is 17.5. The third-order valence-corrected chi connectivity index (χ3v) is 5.48. The van der Waals surface area contributed by atoms with Gasteiger partial charge in [0.1, 0.15) is 0 Å². The van der Waals surface area contributed by atoms with Crippen molar-refractivity contribution in [3.8, 4) is 0 Å². The Labute approximate surface area is 165 Å². The highest BCUT2D eigenvalue weighted by atomic mass is 16.5. The molecule has 2 unspecified atom stereocenters. The fourth-order valence-electron chi connectivity index (χ4n) is 3.41. The van der Waals surface area contributed by atoms with Crippen LogP contribution in [0.25, 0.3) is 0 Å².